The molecule has 5 heteroatoms. The molecule has 0 saturated heterocycles. The van der Waals surface area contributed by atoms with Gasteiger partial charge in [0.2, 0.25) is 0 Å². The highest BCUT2D eigenvalue weighted by molar-refractivity contribution is 7.80. The van der Waals surface area contributed by atoms with E-state index >= 15 is 0 Å². The van der Waals surface area contributed by atoms with Crippen LogP contribution < -0.4 is 0 Å². The topological polar surface area (TPSA) is 27.7 Å². The Balaban J connectivity index is 3.95. The molecular weight excluding hydrogens is 192 g/mol. The monoisotopic (exact) mass is 210 g/mol. The molecule has 0 saturated carbocycles. The summed E-state index contributed by atoms with van der Waals surface area (Å²) in [6.45, 7) is 0.696. The molecule has 0 heterocycles. The third-order valence-corrected chi connectivity index (χ3v) is 2.56. The Morgan fingerprint density at radius 1 is 1.25 bits per heavy atom. The Morgan fingerprint density at radius 3 is 2.17 bits per heavy atom. The number of thiol groups is 1. The smallest absolute Gasteiger partial charge is 0.170 e. The van der Waals surface area contributed by atoms with Crippen LogP contribution >= 0.6 is 12.6 Å². The van der Waals surface area contributed by atoms with Crippen molar-refractivity contribution in [3.05, 3.63) is 0 Å². The van der Waals surface area contributed by atoms with Crippen LogP contribution in [0.15, 0.2) is 0 Å². The molecule has 0 radical (unpaired) electrons. The van der Waals surface area contributed by atoms with Gasteiger partial charge in [0.1, 0.15) is 10.5 Å². The summed E-state index contributed by atoms with van der Waals surface area (Å²) >= 11 is 4.15. The predicted molar refractivity (Wildman–Crippen MR) is 55.7 cm³/mol. The largest absolute Gasteiger partial charge is 0.428 e. The van der Waals surface area contributed by atoms with E-state index in [0.717, 1.165) is 29.1 Å². The maximum Gasteiger partial charge on any atom is 0.170 e. The minimum absolute atomic E-state index is 0.494. The van der Waals surface area contributed by atoms with Gasteiger partial charge in [-0.3, -0.25) is 0 Å². The Bertz CT molecular complexity index is 109. The van der Waals surface area contributed by atoms with Gasteiger partial charge in [0.25, 0.3) is 0 Å². The lowest BCUT2D eigenvalue weighted by molar-refractivity contribution is -0.214. The van der Waals surface area contributed by atoms with Gasteiger partial charge in [-0.1, -0.05) is 0 Å². The highest BCUT2D eigenvalue weighted by atomic mass is 32.1. The van der Waals surface area contributed by atoms with Crippen molar-refractivity contribution in [2.24, 2.45) is 0 Å². The molecule has 0 fully saturated rings. The zero-order valence-corrected chi connectivity index (χ0v) is 10.9. The van der Waals surface area contributed by atoms with Crippen LogP contribution in [0.25, 0.3) is 0 Å². The van der Waals surface area contributed by atoms with Crippen molar-refractivity contribution in [2.75, 3.05) is 26.6 Å². The van der Waals surface area contributed by atoms with Gasteiger partial charge in [-0.15, -0.1) is 0 Å². The highest BCUT2D eigenvalue weighted by Gasteiger charge is 2.27. The molecule has 0 rings (SSSR count). The summed E-state index contributed by atoms with van der Waals surface area (Å²) < 4.78 is 15.7. The molecule has 0 aromatic rings. The molecule has 0 aromatic carbocycles. The average molecular weight is 210 g/mol. The van der Waals surface area contributed by atoms with Crippen LogP contribution in [0.2, 0.25) is 0 Å². The Kier molecular flexibility index (Phi) is 7.17. The van der Waals surface area contributed by atoms with E-state index in [9.17, 15) is 0 Å². The molecule has 0 atom stereocenters. The van der Waals surface area contributed by atoms with Crippen LogP contribution in [0.4, 0.5) is 0 Å². The zero-order valence-electron chi connectivity index (χ0n) is 8.00. The summed E-state index contributed by atoms with van der Waals surface area (Å²) in [6, 6.07) is 0. The minimum atomic E-state index is -0.494. The molecule has 0 aliphatic heterocycles. The van der Waals surface area contributed by atoms with Crippen LogP contribution in [0, 0.1) is 0 Å². The normalized spacial score (nSPS) is 12.2. The predicted octanol–water partition coefficient (Wildman–Crippen LogP) is -0.0175. The van der Waals surface area contributed by atoms with E-state index in [0.29, 0.717) is 6.61 Å². The first kappa shape index (κ1) is 12.4. The van der Waals surface area contributed by atoms with E-state index in [1.54, 1.807) is 14.2 Å². The average Bonchev–Trinajstić information content (AvgIpc) is 2.13. The summed E-state index contributed by atoms with van der Waals surface area (Å²) in [5, 5.41) is 0. The second-order valence-corrected chi connectivity index (χ2v) is 3.56. The molecule has 0 N–H and O–H groups in total. The van der Waals surface area contributed by atoms with E-state index in [1.807, 2.05) is 0 Å². The lowest BCUT2D eigenvalue weighted by Gasteiger charge is -2.30. The van der Waals surface area contributed by atoms with Gasteiger partial charge in [-0.2, -0.15) is 12.6 Å². The van der Waals surface area contributed by atoms with Crippen LogP contribution in [-0.4, -0.2) is 42.9 Å². The molecule has 0 aliphatic rings. The van der Waals surface area contributed by atoms with Crippen LogP contribution in [0.3, 0.4) is 0 Å². The van der Waals surface area contributed by atoms with Crippen molar-refractivity contribution >= 4 is 23.1 Å². The van der Waals surface area contributed by atoms with E-state index in [-0.39, 0.29) is 0 Å². The van der Waals surface area contributed by atoms with Crippen LogP contribution in [0.5, 0.6) is 0 Å². The Hall–Kier alpha value is 0.447. The molecule has 3 nitrogen and oxygen atoms in total. The van der Waals surface area contributed by atoms with Gasteiger partial charge in [-0.25, -0.2) is 0 Å². The Labute approximate surface area is 82.7 Å². The summed E-state index contributed by atoms with van der Waals surface area (Å²) in [5.41, 5.74) is 0. The molecule has 0 unspecified atom stereocenters. The van der Waals surface area contributed by atoms with Gasteiger partial charge in [-0.05, 0) is 5.75 Å². The molecular formula is C7H18O3SSi. The van der Waals surface area contributed by atoms with Crippen LogP contribution in [-0.2, 0) is 13.9 Å². The summed E-state index contributed by atoms with van der Waals surface area (Å²) in [5.74, 6) is 0.259. The second-order valence-electron chi connectivity index (χ2n) is 2.54. The van der Waals surface area contributed by atoms with Gasteiger partial charge in [0, 0.05) is 33.7 Å². The Morgan fingerprint density at radius 2 is 1.83 bits per heavy atom. The standard InChI is InChI=1S/C7H18O3SSi/c1-8-7(9-2,4-6-11)3-5-10-12/h11H,3-6H2,1-2,12H3. The molecule has 0 bridgehead atoms. The first-order chi connectivity index (χ1) is 5.74. The van der Waals surface area contributed by atoms with E-state index in [1.165, 1.54) is 0 Å². The lowest BCUT2D eigenvalue weighted by Crippen LogP contribution is -2.35. The molecule has 12 heavy (non-hydrogen) atoms. The molecule has 0 aliphatic carbocycles. The van der Waals surface area contributed by atoms with Gasteiger partial charge in [0.15, 0.2) is 5.79 Å². The van der Waals surface area contributed by atoms with E-state index < -0.39 is 5.79 Å². The number of hydrogen-bond acceptors (Lipinski definition) is 4. The second kappa shape index (κ2) is 6.91. The van der Waals surface area contributed by atoms with Gasteiger partial charge >= 0.3 is 0 Å². The van der Waals surface area contributed by atoms with Crippen molar-refractivity contribution in [3.63, 3.8) is 0 Å². The maximum absolute atomic E-state index is 5.29. The number of ether oxygens (including phenoxy) is 2. The first-order valence-corrected chi connectivity index (χ1v) is 5.39. The molecule has 0 spiro atoms. The fourth-order valence-electron chi connectivity index (χ4n) is 1.04. The number of rotatable bonds is 7. The summed E-state index contributed by atoms with van der Waals surface area (Å²) in [6.07, 6.45) is 1.55. The van der Waals surface area contributed by atoms with E-state index in [4.69, 9.17) is 13.9 Å². The van der Waals surface area contributed by atoms with Crippen molar-refractivity contribution in [3.8, 4) is 0 Å². The maximum atomic E-state index is 5.29. The fraction of sp³-hybridized carbons (Fsp3) is 1.00. The minimum Gasteiger partial charge on any atom is -0.428 e. The lowest BCUT2D eigenvalue weighted by atomic mass is 10.1. The fourth-order valence-corrected chi connectivity index (χ4v) is 1.59. The zero-order chi connectivity index (χ0) is 9.45. The van der Waals surface area contributed by atoms with Crippen molar-refractivity contribution in [1.29, 1.82) is 0 Å². The van der Waals surface area contributed by atoms with Gasteiger partial charge in [0.05, 0.1) is 0 Å². The first-order valence-electron chi connectivity index (χ1n) is 3.95. The van der Waals surface area contributed by atoms with Crippen molar-refractivity contribution in [1.82, 2.24) is 0 Å². The SMILES string of the molecule is COC(CCS)(CCO[SiH3])OC. The quantitative estimate of drug-likeness (QED) is 0.364. The molecule has 0 aromatic heterocycles. The van der Waals surface area contributed by atoms with Crippen molar-refractivity contribution < 1.29 is 13.9 Å². The number of methoxy groups -OCH3 is 2. The van der Waals surface area contributed by atoms with E-state index in [2.05, 4.69) is 12.6 Å². The van der Waals surface area contributed by atoms with Gasteiger partial charge < -0.3 is 13.9 Å². The highest BCUT2D eigenvalue weighted by Crippen LogP contribution is 2.21. The third kappa shape index (κ3) is 3.91. The molecule has 74 valence electrons. The van der Waals surface area contributed by atoms with Crippen LogP contribution in [0.1, 0.15) is 12.8 Å². The molecule has 0 amide bonds. The third-order valence-electron chi connectivity index (χ3n) is 1.92. The van der Waals surface area contributed by atoms with Crippen molar-refractivity contribution in [2.45, 2.75) is 18.6 Å². The summed E-state index contributed by atoms with van der Waals surface area (Å²) in [4.78, 5) is 0. The summed E-state index contributed by atoms with van der Waals surface area (Å²) in [7, 11) is 4.07. The number of hydrogen-bond donors (Lipinski definition) is 1.